The van der Waals surface area contributed by atoms with Gasteiger partial charge in [-0.25, -0.2) is 4.79 Å². The van der Waals surface area contributed by atoms with Gasteiger partial charge in [-0.2, -0.15) is 0 Å². The molecule has 1 amide bonds. The molecule has 7 heteroatoms. The lowest BCUT2D eigenvalue weighted by molar-refractivity contribution is -0.383. The number of hydrogen-bond donors (Lipinski definition) is 3. The summed E-state index contributed by atoms with van der Waals surface area (Å²) in [6.45, 7) is 0. The summed E-state index contributed by atoms with van der Waals surface area (Å²) in [5.74, 6) is 0. The molecule has 0 atom stereocenters. The van der Waals surface area contributed by atoms with Crippen LogP contribution in [-0.2, 0) is 0 Å². The van der Waals surface area contributed by atoms with Crippen molar-refractivity contribution in [1.82, 2.24) is 0 Å². The second-order valence-electron chi connectivity index (χ2n) is 2.67. The van der Waals surface area contributed by atoms with Crippen LogP contribution < -0.4 is 10.6 Å². The van der Waals surface area contributed by atoms with Crippen molar-refractivity contribution in [2.24, 2.45) is 0 Å². The average Bonchev–Trinajstić information content (AvgIpc) is 2.17. The van der Waals surface area contributed by atoms with Crippen molar-refractivity contribution in [3.8, 4) is 0 Å². The fraction of sp³-hybridized carbons (Fsp3) is 0.125. The number of nitrogens with zero attached hydrogens (tertiary/aromatic N) is 1. The van der Waals surface area contributed by atoms with Crippen molar-refractivity contribution >= 4 is 23.2 Å². The van der Waals surface area contributed by atoms with E-state index in [4.69, 9.17) is 5.11 Å². The summed E-state index contributed by atoms with van der Waals surface area (Å²) in [5.41, 5.74) is 0.202. The van der Waals surface area contributed by atoms with Crippen LogP contribution >= 0.6 is 0 Å². The second-order valence-corrected chi connectivity index (χ2v) is 2.67. The molecule has 0 aliphatic rings. The van der Waals surface area contributed by atoms with E-state index in [-0.39, 0.29) is 11.4 Å². The van der Waals surface area contributed by atoms with Crippen LogP contribution in [0.3, 0.4) is 0 Å². The molecule has 0 saturated heterocycles. The lowest BCUT2D eigenvalue weighted by Gasteiger charge is -2.04. The standard InChI is InChI=1S/C8H9N3O4/c1-9-5-2-3-6(10-8(12)13)7(4-5)11(14)15/h2-4,9-10H,1H3,(H,12,13). The Bertz CT molecular complexity index is 405. The number of benzene rings is 1. The molecule has 0 fully saturated rings. The molecule has 0 heterocycles. The molecular weight excluding hydrogens is 202 g/mol. The van der Waals surface area contributed by atoms with E-state index in [1.165, 1.54) is 18.2 Å². The minimum atomic E-state index is -1.34. The van der Waals surface area contributed by atoms with Gasteiger partial charge < -0.3 is 10.4 Å². The van der Waals surface area contributed by atoms with Gasteiger partial charge in [0.15, 0.2) is 0 Å². The number of rotatable bonds is 3. The molecule has 1 rings (SSSR count). The molecular formula is C8H9N3O4. The molecule has 3 N–H and O–H groups in total. The van der Waals surface area contributed by atoms with Gasteiger partial charge in [0.2, 0.25) is 0 Å². The number of nitro groups is 1. The van der Waals surface area contributed by atoms with E-state index in [9.17, 15) is 14.9 Å². The van der Waals surface area contributed by atoms with Crippen LogP contribution in [0.4, 0.5) is 21.9 Å². The Hall–Kier alpha value is -2.31. The van der Waals surface area contributed by atoms with Crippen molar-refractivity contribution in [2.45, 2.75) is 0 Å². The van der Waals surface area contributed by atoms with Gasteiger partial charge >= 0.3 is 6.09 Å². The number of nitro benzene ring substituents is 1. The predicted molar refractivity (Wildman–Crippen MR) is 54.3 cm³/mol. The summed E-state index contributed by atoms with van der Waals surface area (Å²) in [7, 11) is 1.61. The molecule has 0 radical (unpaired) electrons. The molecule has 7 nitrogen and oxygen atoms in total. The minimum absolute atomic E-state index is 0.0495. The van der Waals surface area contributed by atoms with E-state index in [2.05, 4.69) is 5.32 Å². The van der Waals surface area contributed by atoms with E-state index in [1.807, 2.05) is 5.32 Å². The van der Waals surface area contributed by atoms with Gasteiger partial charge in [-0.15, -0.1) is 0 Å². The Balaban J connectivity index is 3.15. The number of carboxylic acid groups (broad SMARTS) is 1. The molecule has 0 aliphatic heterocycles. The van der Waals surface area contributed by atoms with Crippen molar-refractivity contribution in [3.05, 3.63) is 28.3 Å². The summed E-state index contributed by atoms with van der Waals surface area (Å²) >= 11 is 0. The summed E-state index contributed by atoms with van der Waals surface area (Å²) in [5, 5.41) is 23.7. The normalized spacial score (nSPS) is 9.40. The maximum absolute atomic E-state index is 10.6. The van der Waals surface area contributed by atoms with E-state index in [0.717, 1.165) is 0 Å². The number of anilines is 2. The van der Waals surface area contributed by atoms with Gasteiger partial charge in [0.1, 0.15) is 5.69 Å². The van der Waals surface area contributed by atoms with E-state index in [1.54, 1.807) is 7.05 Å². The van der Waals surface area contributed by atoms with Crippen molar-refractivity contribution in [3.63, 3.8) is 0 Å². The van der Waals surface area contributed by atoms with Gasteiger partial charge in [-0.05, 0) is 12.1 Å². The predicted octanol–water partition coefficient (Wildman–Crippen LogP) is 1.73. The molecule has 0 spiro atoms. The third-order valence-corrected chi connectivity index (χ3v) is 1.72. The van der Waals surface area contributed by atoms with E-state index in [0.29, 0.717) is 5.69 Å². The Morgan fingerprint density at radius 3 is 2.67 bits per heavy atom. The van der Waals surface area contributed by atoms with Crippen LogP contribution in [0.25, 0.3) is 0 Å². The Morgan fingerprint density at radius 2 is 2.20 bits per heavy atom. The molecule has 1 aromatic rings. The average molecular weight is 211 g/mol. The Labute approximate surface area is 84.9 Å². The van der Waals surface area contributed by atoms with Crippen LogP contribution in [0, 0.1) is 10.1 Å². The highest BCUT2D eigenvalue weighted by atomic mass is 16.6. The van der Waals surface area contributed by atoms with Crippen molar-refractivity contribution in [2.75, 3.05) is 17.7 Å². The molecule has 0 saturated carbocycles. The third kappa shape index (κ3) is 2.56. The van der Waals surface area contributed by atoms with Gasteiger partial charge in [0.05, 0.1) is 4.92 Å². The fourth-order valence-electron chi connectivity index (χ4n) is 1.06. The topological polar surface area (TPSA) is 104 Å². The zero-order valence-corrected chi connectivity index (χ0v) is 7.85. The van der Waals surface area contributed by atoms with Crippen LogP contribution in [0.15, 0.2) is 18.2 Å². The Kier molecular flexibility index (Phi) is 3.06. The van der Waals surface area contributed by atoms with E-state index >= 15 is 0 Å². The molecule has 0 aliphatic carbocycles. The molecule has 0 unspecified atom stereocenters. The van der Waals surface area contributed by atoms with Gasteiger partial charge in [0.25, 0.3) is 5.69 Å². The molecule has 0 aromatic heterocycles. The molecule has 80 valence electrons. The number of nitrogens with one attached hydrogen (secondary N) is 2. The van der Waals surface area contributed by atoms with Crippen LogP contribution in [-0.4, -0.2) is 23.2 Å². The molecule has 1 aromatic carbocycles. The zero-order chi connectivity index (χ0) is 11.4. The van der Waals surface area contributed by atoms with Crippen molar-refractivity contribution in [1.29, 1.82) is 0 Å². The highest BCUT2D eigenvalue weighted by Crippen LogP contribution is 2.27. The first kappa shape index (κ1) is 10.8. The van der Waals surface area contributed by atoms with Crippen LogP contribution in [0.1, 0.15) is 0 Å². The number of carbonyl (C=O) groups is 1. The fourth-order valence-corrected chi connectivity index (χ4v) is 1.06. The van der Waals surface area contributed by atoms with Gasteiger partial charge in [-0.1, -0.05) is 0 Å². The SMILES string of the molecule is CNc1ccc(NC(=O)O)c([N+](=O)[O-])c1. The first-order valence-corrected chi connectivity index (χ1v) is 4.00. The lowest BCUT2D eigenvalue weighted by atomic mass is 10.2. The highest BCUT2D eigenvalue weighted by molar-refractivity contribution is 5.87. The highest BCUT2D eigenvalue weighted by Gasteiger charge is 2.15. The summed E-state index contributed by atoms with van der Waals surface area (Å²) < 4.78 is 0. The van der Waals surface area contributed by atoms with Crippen LogP contribution in [0.5, 0.6) is 0 Å². The summed E-state index contributed by atoms with van der Waals surface area (Å²) in [4.78, 5) is 20.3. The molecule has 0 bridgehead atoms. The summed E-state index contributed by atoms with van der Waals surface area (Å²) in [6, 6.07) is 4.13. The molecule has 15 heavy (non-hydrogen) atoms. The van der Waals surface area contributed by atoms with Crippen LogP contribution in [0.2, 0.25) is 0 Å². The first-order chi connectivity index (χ1) is 7.04. The monoisotopic (exact) mass is 211 g/mol. The van der Waals surface area contributed by atoms with E-state index < -0.39 is 11.0 Å². The van der Waals surface area contributed by atoms with Crippen molar-refractivity contribution < 1.29 is 14.8 Å². The number of hydrogen-bond acceptors (Lipinski definition) is 4. The zero-order valence-electron chi connectivity index (χ0n) is 7.85. The number of amides is 1. The Morgan fingerprint density at radius 1 is 1.53 bits per heavy atom. The second kappa shape index (κ2) is 4.27. The quantitative estimate of drug-likeness (QED) is 0.521. The first-order valence-electron chi connectivity index (χ1n) is 4.00. The summed E-state index contributed by atoms with van der Waals surface area (Å²) in [6.07, 6.45) is -1.34. The largest absolute Gasteiger partial charge is 0.465 e. The minimum Gasteiger partial charge on any atom is -0.465 e. The van der Waals surface area contributed by atoms with Gasteiger partial charge in [-0.3, -0.25) is 15.4 Å². The third-order valence-electron chi connectivity index (χ3n) is 1.72. The smallest absolute Gasteiger partial charge is 0.409 e. The maximum Gasteiger partial charge on any atom is 0.409 e. The van der Waals surface area contributed by atoms with Gasteiger partial charge in [0, 0.05) is 18.8 Å². The maximum atomic E-state index is 10.6. The lowest BCUT2D eigenvalue weighted by Crippen LogP contribution is -2.09.